The van der Waals surface area contributed by atoms with E-state index in [1.54, 1.807) is 88.6 Å². The van der Waals surface area contributed by atoms with E-state index in [0.29, 0.717) is 36.0 Å². The number of benzene rings is 4. The van der Waals surface area contributed by atoms with E-state index in [2.05, 4.69) is 64.4 Å². The van der Waals surface area contributed by atoms with Crippen molar-refractivity contribution in [2.24, 2.45) is 0 Å². The first-order valence-corrected chi connectivity index (χ1v) is 24.9. The van der Waals surface area contributed by atoms with Crippen LogP contribution in [0.2, 0.25) is 0 Å². The Morgan fingerprint density at radius 3 is 1.48 bits per heavy atom. The largest absolute Gasteiger partial charge is 0.489 e. The number of carbonyl (C=O) groups excluding carboxylic acids is 4. The third kappa shape index (κ3) is 16.9. The van der Waals surface area contributed by atoms with E-state index in [4.69, 9.17) is 19.3 Å². The Hall–Kier alpha value is -10.7. The van der Waals surface area contributed by atoms with Gasteiger partial charge in [-0.25, -0.2) is 28.9 Å². The maximum Gasteiger partial charge on any atom is 0.408 e. The van der Waals surface area contributed by atoms with Crippen molar-refractivity contribution in [3.63, 3.8) is 0 Å². The summed E-state index contributed by atoms with van der Waals surface area (Å²) in [6, 6.07) is 35.8. The minimum atomic E-state index is -1.11. The summed E-state index contributed by atoms with van der Waals surface area (Å²) in [4.78, 5) is 80.1. The second-order valence-electron chi connectivity index (χ2n) is 18.8. The minimum absolute atomic E-state index is 0. The molecular weight excluding hydrogens is 1040 g/mol. The summed E-state index contributed by atoms with van der Waals surface area (Å²) in [6.45, 7) is 6.28. The zero-order valence-electron chi connectivity index (χ0n) is 44.2. The fourth-order valence-electron chi connectivity index (χ4n) is 7.68. The number of likely N-dealkylation sites (N-methyl/N-ethyl adjacent to an activating group) is 2. The van der Waals surface area contributed by atoms with Crippen LogP contribution in [0.4, 0.5) is 16.2 Å². The van der Waals surface area contributed by atoms with E-state index in [1.807, 2.05) is 97.1 Å². The predicted molar refractivity (Wildman–Crippen MR) is 307 cm³/mol. The number of ether oxygens (including phenoxy) is 3. The summed E-state index contributed by atoms with van der Waals surface area (Å²) < 4.78 is 19.9. The lowest BCUT2D eigenvalue weighted by atomic mass is 10.1. The molecule has 0 spiro atoms. The second kappa shape index (κ2) is 28.3. The fraction of sp³-hybridized carbons (Fsp3) is 0.230. The zero-order valence-corrected chi connectivity index (χ0v) is 44.2. The maximum atomic E-state index is 13.2. The van der Waals surface area contributed by atoms with E-state index < -0.39 is 35.7 Å². The highest BCUT2D eigenvalue weighted by molar-refractivity contribution is 6.03. The molecular formula is C61H62N12O9. The van der Waals surface area contributed by atoms with Crippen molar-refractivity contribution in [3.05, 3.63) is 204 Å². The van der Waals surface area contributed by atoms with E-state index >= 15 is 0 Å². The Kier molecular flexibility index (Phi) is 20.9. The molecule has 4 aromatic heterocycles. The molecule has 0 unspecified atom stereocenters. The molecule has 4 amide bonds. The smallest absolute Gasteiger partial charge is 0.408 e. The summed E-state index contributed by atoms with van der Waals surface area (Å²) >= 11 is 0. The van der Waals surface area contributed by atoms with Crippen LogP contribution >= 0.6 is 0 Å². The number of aromatic nitrogens is 8. The quantitative estimate of drug-likeness (QED) is 0.126. The standard InChI is InChI=1S/C27H22N6O3.C22H23N3O4.C10H9N3O2.2CH4/c1-32-23-14-19(9-10-20-8-5-13-28-15-20)11-12-24(23)36-17-22(27(32)35)30-26(34)25-29-18-33(31-25)16-21-6-3-2-4-7-21;1-22(2,3)29-21(27)24-17-14-28-19-10-9-15(12-18(19)25(4)20(17)26)7-8-16-6-5-11-23-13-16;14-10(15)9-11-7-13(12-9)6-8-4-2-1-3-5-8;;/h2-8,11-15,18,22H,16-17H2,1H3,(H,30,34);5-6,9-13,17H,14H2,1-4H3,(H,24,27);1-5,7H,6H2,(H,14,15);2*1H4/t22-;17-;;;/m00.../s1. The third-order valence-electron chi connectivity index (χ3n) is 11.6. The van der Waals surface area contributed by atoms with E-state index in [9.17, 15) is 24.0 Å². The van der Waals surface area contributed by atoms with Gasteiger partial charge < -0.3 is 39.8 Å². The topological polar surface area (TPSA) is 251 Å². The van der Waals surface area contributed by atoms with Crippen LogP contribution in [0.15, 0.2) is 159 Å². The maximum absolute atomic E-state index is 13.2. The third-order valence-corrected chi connectivity index (χ3v) is 11.6. The summed E-state index contributed by atoms with van der Waals surface area (Å²) in [5.41, 5.74) is 5.62. The average Bonchev–Trinajstić information content (AvgIpc) is 4.11. The molecule has 82 heavy (non-hydrogen) atoms. The first kappa shape index (κ1) is 60.6. The van der Waals surface area contributed by atoms with Crippen molar-refractivity contribution in [3.8, 4) is 35.2 Å². The number of nitrogens with one attached hydrogen (secondary N) is 2. The number of alkyl carbamates (subject to hydrolysis) is 1. The molecule has 420 valence electrons. The number of rotatable bonds is 8. The number of carboxylic acid groups (broad SMARTS) is 1. The molecule has 21 heteroatoms. The molecule has 0 aliphatic carbocycles. The van der Waals surface area contributed by atoms with Gasteiger partial charge in [0.1, 0.15) is 55.1 Å². The molecule has 0 saturated carbocycles. The van der Waals surface area contributed by atoms with Gasteiger partial charge in [-0.3, -0.25) is 24.4 Å². The van der Waals surface area contributed by atoms with Crippen molar-refractivity contribution >= 4 is 41.2 Å². The van der Waals surface area contributed by atoms with Crippen molar-refractivity contribution in [2.45, 2.75) is 66.4 Å². The van der Waals surface area contributed by atoms with E-state index in [0.717, 1.165) is 33.4 Å². The number of nitrogens with zero attached hydrogens (tertiary/aromatic N) is 10. The number of anilines is 2. The molecule has 0 fully saturated rings. The lowest BCUT2D eigenvalue weighted by molar-refractivity contribution is -0.121. The lowest BCUT2D eigenvalue weighted by Crippen LogP contribution is -2.50. The van der Waals surface area contributed by atoms with Gasteiger partial charge in [-0.15, -0.1) is 10.2 Å². The van der Waals surface area contributed by atoms with Gasteiger partial charge in [0.15, 0.2) is 0 Å². The first-order valence-electron chi connectivity index (χ1n) is 24.9. The number of pyridine rings is 2. The Labute approximate surface area is 475 Å². The Balaban J connectivity index is 0.000000210. The Morgan fingerprint density at radius 1 is 0.610 bits per heavy atom. The highest BCUT2D eigenvalue weighted by Gasteiger charge is 2.33. The van der Waals surface area contributed by atoms with Crippen molar-refractivity contribution in [1.29, 1.82) is 0 Å². The number of amides is 4. The van der Waals surface area contributed by atoms with E-state index in [1.165, 1.54) is 27.1 Å². The van der Waals surface area contributed by atoms with Crippen LogP contribution < -0.4 is 29.9 Å². The van der Waals surface area contributed by atoms with Crippen LogP contribution in [0.5, 0.6) is 11.5 Å². The molecule has 0 saturated heterocycles. The van der Waals surface area contributed by atoms with Gasteiger partial charge in [0.2, 0.25) is 5.82 Å². The summed E-state index contributed by atoms with van der Waals surface area (Å²) in [5, 5.41) is 22.0. The molecule has 2 atom stereocenters. The van der Waals surface area contributed by atoms with Gasteiger partial charge in [-0.1, -0.05) is 99.2 Å². The molecule has 8 aromatic rings. The van der Waals surface area contributed by atoms with Crippen LogP contribution in [0.3, 0.4) is 0 Å². The molecule has 0 bridgehead atoms. The van der Waals surface area contributed by atoms with Gasteiger partial charge in [-0.2, -0.15) is 0 Å². The molecule has 10 rings (SSSR count). The molecule has 6 heterocycles. The van der Waals surface area contributed by atoms with Crippen LogP contribution in [0.1, 0.15) is 90.2 Å². The lowest BCUT2D eigenvalue weighted by Gasteiger charge is -2.23. The van der Waals surface area contributed by atoms with E-state index in [-0.39, 0.29) is 51.5 Å². The van der Waals surface area contributed by atoms with Crippen LogP contribution in [-0.2, 0) is 27.4 Å². The molecule has 2 aliphatic rings. The number of hydrogen-bond acceptors (Lipinski definition) is 14. The summed E-state index contributed by atoms with van der Waals surface area (Å²) in [7, 11) is 3.28. The normalized spacial score (nSPS) is 13.9. The molecule has 4 aromatic carbocycles. The number of aromatic carboxylic acids is 1. The van der Waals surface area contributed by atoms with Gasteiger partial charge in [0, 0.05) is 61.1 Å². The fourth-order valence-corrected chi connectivity index (χ4v) is 7.68. The molecule has 3 N–H and O–H groups in total. The number of carboxylic acids is 1. The van der Waals surface area contributed by atoms with Crippen molar-refractivity contribution in [1.82, 2.24) is 50.1 Å². The van der Waals surface area contributed by atoms with Gasteiger partial charge in [0.05, 0.1) is 24.5 Å². The highest BCUT2D eigenvalue weighted by atomic mass is 16.6. The Bertz CT molecular complexity index is 3600. The SMILES string of the molecule is C.C.CN1C(=O)[C@@H](NC(=O)OC(C)(C)C)COc2ccc(C#Cc3cccnc3)cc21.CN1C(=O)[C@@H](NC(=O)c2ncn(Cc3ccccc3)n2)COc2ccc(C#Cc3cccnc3)cc21.O=C(O)c1ncn(Cc2ccccc2)n1. The number of hydrogen-bond donors (Lipinski definition) is 3. The minimum Gasteiger partial charge on any atom is -0.489 e. The van der Waals surface area contributed by atoms with Crippen LogP contribution in [0, 0.1) is 23.7 Å². The van der Waals surface area contributed by atoms with Crippen molar-refractivity contribution in [2.75, 3.05) is 37.1 Å². The Morgan fingerprint density at radius 2 is 1.05 bits per heavy atom. The number of fused-ring (bicyclic) bond motifs is 2. The molecule has 0 radical (unpaired) electrons. The molecule has 21 nitrogen and oxygen atoms in total. The average molecular weight is 1110 g/mol. The second-order valence-corrected chi connectivity index (χ2v) is 18.8. The van der Waals surface area contributed by atoms with Gasteiger partial charge in [-0.05, 0) is 92.6 Å². The monoisotopic (exact) mass is 1110 g/mol. The van der Waals surface area contributed by atoms with Crippen LogP contribution in [0.25, 0.3) is 0 Å². The molecule has 2 aliphatic heterocycles. The number of carbonyl (C=O) groups is 5. The predicted octanol–water partition coefficient (Wildman–Crippen LogP) is 7.30. The van der Waals surface area contributed by atoms with Gasteiger partial charge >= 0.3 is 12.1 Å². The first-order chi connectivity index (χ1) is 38.5. The zero-order chi connectivity index (χ0) is 56.6. The summed E-state index contributed by atoms with van der Waals surface area (Å²) in [5.74, 6) is 10.8. The van der Waals surface area contributed by atoms with Gasteiger partial charge in [0.25, 0.3) is 23.5 Å². The highest BCUT2D eigenvalue weighted by Crippen LogP contribution is 2.33. The van der Waals surface area contributed by atoms with Crippen LogP contribution in [-0.4, -0.2) is 119 Å². The van der Waals surface area contributed by atoms with Crippen molar-refractivity contribution < 1.29 is 43.3 Å². The summed E-state index contributed by atoms with van der Waals surface area (Å²) in [6.07, 6.45) is 8.98.